The van der Waals surface area contributed by atoms with Crippen LogP contribution in [0.25, 0.3) is 10.9 Å². The molecule has 11 heteroatoms. The normalized spacial score (nSPS) is 20.4. The molecule has 39 heavy (non-hydrogen) atoms. The van der Waals surface area contributed by atoms with Crippen molar-refractivity contribution in [3.05, 3.63) is 54.2 Å². The van der Waals surface area contributed by atoms with Gasteiger partial charge in [-0.2, -0.15) is 0 Å². The number of benzene rings is 1. The van der Waals surface area contributed by atoms with Crippen molar-refractivity contribution in [1.82, 2.24) is 25.3 Å². The SMILES string of the molecule is C=CCO[C@H]1CN(C2CCN(c3c(C)noc3C)CC2)CC1NC(=O)CNc1ncnc2ccc(CF)cc12. The van der Waals surface area contributed by atoms with Crippen LogP contribution in [0.15, 0.2) is 41.7 Å². The molecule has 2 aromatic heterocycles. The van der Waals surface area contributed by atoms with Crippen molar-refractivity contribution >= 4 is 28.3 Å². The molecule has 5 rings (SSSR count). The molecule has 1 amide bonds. The number of aromatic nitrogens is 3. The minimum absolute atomic E-state index is 0.0342. The van der Waals surface area contributed by atoms with E-state index in [1.54, 1.807) is 24.3 Å². The molecular formula is C28H36FN7O3. The van der Waals surface area contributed by atoms with E-state index in [-0.39, 0.29) is 24.6 Å². The molecule has 2 aliphatic heterocycles. The predicted molar refractivity (Wildman–Crippen MR) is 147 cm³/mol. The van der Waals surface area contributed by atoms with Gasteiger partial charge in [-0.3, -0.25) is 9.69 Å². The summed E-state index contributed by atoms with van der Waals surface area (Å²) in [4.78, 5) is 26.3. The van der Waals surface area contributed by atoms with Crippen molar-refractivity contribution in [3.63, 3.8) is 0 Å². The summed E-state index contributed by atoms with van der Waals surface area (Å²) in [5.74, 6) is 1.21. The van der Waals surface area contributed by atoms with E-state index in [2.05, 4.69) is 42.1 Å². The molecule has 0 aliphatic carbocycles. The first kappa shape index (κ1) is 27.0. The summed E-state index contributed by atoms with van der Waals surface area (Å²) in [6.45, 7) is 10.9. The number of piperidine rings is 1. The number of alkyl halides is 1. The summed E-state index contributed by atoms with van der Waals surface area (Å²) in [5, 5.41) is 11.0. The summed E-state index contributed by atoms with van der Waals surface area (Å²) >= 11 is 0. The minimum atomic E-state index is -0.576. The van der Waals surface area contributed by atoms with Crippen LogP contribution in [-0.4, -0.2) is 83.5 Å². The van der Waals surface area contributed by atoms with Crippen molar-refractivity contribution in [2.75, 3.05) is 49.5 Å². The average molecular weight is 538 g/mol. The van der Waals surface area contributed by atoms with Gasteiger partial charge in [-0.25, -0.2) is 14.4 Å². The second-order valence-electron chi connectivity index (χ2n) is 10.2. The zero-order chi connectivity index (χ0) is 27.4. The van der Waals surface area contributed by atoms with Crippen LogP contribution >= 0.6 is 0 Å². The lowest BCUT2D eigenvalue weighted by atomic mass is 10.0. The fraction of sp³-hybridized carbons (Fsp3) is 0.500. The van der Waals surface area contributed by atoms with E-state index in [9.17, 15) is 9.18 Å². The number of halogens is 1. The van der Waals surface area contributed by atoms with Gasteiger partial charge in [0.2, 0.25) is 5.91 Å². The number of hydrogen-bond acceptors (Lipinski definition) is 9. The van der Waals surface area contributed by atoms with Crippen molar-refractivity contribution in [2.24, 2.45) is 0 Å². The Balaban J connectivity index is 1.18. The van der Waals surface area contributed by atoms with E-state index in [4.69, 9.17) is 9.26 Å². The van der Waals surface area contributed by atoms with Gasteiger partial charge in [0.1, 0.15) is 30.2 Å². The quantitative estimate of drug-likeness (QED) is 0.377. The molecule has 208 valence electrons. The van der Waals surface area contributed by atoms with E-state index in [1.807, 2.05) is 13.8 Å². The molecule has 2 fully saturated rings. The number of ether oxygens (including phenoxy) is 1. The molecule has 2 N–H and O–H groups in total. The fourth-order valence-electron chi connectivity index (χ4n) is 5.73. The van der Waals surface area contributed by atoms with Gasteiger partial charge in [0.05, 0.1) is 30.8 Å². The molecule has 10 nitrogen and oxygen atoms in total. The number of nitrogens with zero attached hydrogens (tertiary/aromatic N) is 5. The van der Waals surface area contributed by atoms with Crippen molar-refractivity contribution < 1.29 is 18.4 Å². The largest absolute Gasteiger partial charge is 0.371 e. The number of anilines is 2. The molecule has 0 saturated carbocycles. The molecule has 2 atom stereocenters. The molecule has 0 radical (unpaired) electrons. The van der Waals surface area contributed by atoms with E-state index in [0.717, 1.165) is 56.2 Å². The minimum Gasteiger partial charge on any atom is -0.371 e. The molecule has 2 saturated heterocycles. The Kier molecular flexibility index (Phi) is 8.37. The smallest absolute Gasteiger partial charge is 0.239 e. The number of nitrogens with one attached hydrogen (secondary N) is 2. The Hall–Kier alpha value is -3.57. The molecule has 0 spiro atoms. The van der Waals surface area contributed by atoms with Gasteiger partial charge in [0.15, 0.2) is 5.76 Å². The lowest BCUT2D eigenvalue weighted by molar-refractivity contribution is -0.120. The highest BCUT2D eigenvalue weighted by atomic mass is 19.1. The maximum atomic E-state index is 13.2. The lowest BCUT2D eigenvalue weighted by Gasteiger charge is -2.37. The number of rotatable bonds is 10. The van der Waals surface area contributed by atoms with Crippen LogP contribution in [0.4, 0.5) is 15.9 Å². The number of fused-ring (bicyclic) bond motifs is 1. The van der Waals surface area contributed by atoms with E-state index in [1.165, 1.54) is 6.33 Å². The van der Waals surface area contributed by atoms with Crippen molar-refractivity contribution in [3.8, 4) is 0 Å². The number of likely N-dealkylation sites (tertiary alicyclic amines) is 1. The first-order valence-electron chi connectivity index (χ1n) is 13.4. The fourth-order valence-corrected chi connectivity index (χ4v) is 5.73. The first-order chi connectivity index (χ1) is 19.0. The predicted octanol–water partition coefficient (Wildman–Crippen LogP) is 3.16. The Morgan fingerprint density at radius 2 is 2.08 bits per heavy atom. The van der Waals surface area contributed by atoms with Crippen molar-refractivity contribution in [2.45, 2.75) is 51.6 Å². The van der Waals surface area contributed by atoms with Crippen LogP contribution in [0.5, 0.6) is 0 Å². The summed E-state index contributed by atoms with van der Waals surface area (Å²) in [5.41, 5.74) is 3.27. The molecule has 1 aromatic carbocycles. The number of carbonyl (C=O) groups excluding carboxylic acids is 1. The summed E-state index contributed by atoms with van der Waals surface area (Å²) in [6.07, 6.45) is 5.07. The van der Waals surface area contributed by atoms with Crippen LogP contribution in [0.3, 0.4) is 0 Å². The third-order valence-corrected chi connectivity index (χ3v) is 7.63. The first-order valence-corrected chi connectivity index (χ1v) is 13.4. The number of carbonyl (C=O) groups is 1. The maximum absolute atomic E-state index is 13.2. The van der Waals surface area contributed by atoms with Gasteiger partial charge in [-0.05, 0) is 44.4 Å². The molecule has 0 bridgehead atoms. The van der Waals surface area contributed by atoms with Crippen molar-refractivity contribution in [1.29, 1.82) is 0 Å². The highest BCUT2D eigenvalue weighted by Crippen LogP contribution is 2.30. The zero-order valence-electron chi connectivity index (χ0n) is 22.5. The monoisotopic (exact) mass is 537 g/mol. The third kappa shape index (κ3) is 6.04. The molecule has 2 aliphatic rings. The van der Waals surface area contributed by atoms with E-state index < -0.39 is 6.67 Å². The van der Waals surface area contributed by atoms with Gasteiger partial charge >= 0.3 is 0 Å². The van der Waals surface area contributed by atoms with Crippen LogP contribution < -0.4 is 15.5 Å². The van der Waals surface area contributed by atoms with Gasteiger partial charge in [-0.1, -0.05) is 17.3 Å². The second kappa shape index (κ2) is 12.1. The highest BCUT2D eigenvalue weighted by Gasteiger charge is 2.39. The summed E-state index contributed by atoms with van der Waals surface area (Å²) in [7, 11) is 0. The Morgan fingerprint density at radius 3 is 2.79 bits per heavy atom. The third-order valence-electron chi connectivity index (χ3n) is 7.63. The lowest BCUT2D eigenvalue weighted by Crippen LogP contribution is -2.47. The van der Waals surface area contributed by atoms with Crippen LogP contribution in [0.1, 0.15) is 29.9 Å². The molecule has 1 unspecified atom stereocenters. The average Bonchev–Trinajstić information content (AvgIpc) is 3.51. The Bertz CT molecular complexity index is 1290. The van der Waals surface area contributed by atoms with Crippen LogP contribution in [0, 0.1) is 13.8 Å². The molecular weight excluding hydrogens is 501 g/mol. The second-order valence-corrected chi connectivity index (χ2v) is 10.2. The summed E-state index contributed by atoms with van der Waals surface area (Å²) in [6, 6.07) is 5.43. The van der Waals surface area contributed by atoms with E-state index >= 15 is 0 Å². The Labute approximate surface area is 227 Å². The van der Waals surface area contributed by atoms with Crippen LogP contribution in [-0.2, 0) is 16.2 Å². The molecule has 4 heterocycles. The Morgan fingerprint density at radius 1 is 1.26 bits per heavy atom. The van der Waals surface area contributed by atoms with Crippen LogP contribution in [0.2, 0.25) is 0 Å². The maximum Gasteiger partial charge on any atom is 0.239 e. The van der Waals surface area contributed by atoms with Gasteiger partial charge in [0, 0.05) is 37.6 Å². The zero-order valence-corrected chi connectivity index (χ0v) is 22.5. The highest BCUT2D eigenvalue weighted by molar-refractivity contribution is 5.91. The number of aryl methyl sites for hydroxylation is 2. The van der Waals surface area contributed by atoms with Gasteiger partial charge in [-0.15, -0.1) is 6.58 Å². The van der Waals surface area contributed by atoms with Gasteiger partial charge < -0.3 is 24.8 Å². The number of hydrogen-bond donors (Lipinski definition) is 2. The summed E-state index contributed by atoms with van der Waals surface area (Å²) < 4.78 is 24.6. The van der Waals surface area contributed by atoms with Gasteiger partial charge in [0.25, 0.3) is 0 Å². The van der Waals surface area contributed by atoms with E-state index in [0.29, 0.717) is 34.9 Å². The molecule has 3 aromatic rings. The number of amides is 1. The standard InChI is InChI=1S/C28H36FN7O3/c1-4-11-38-25-16-36(21-7-9-35(10-8-21)27-18(2)34-39-19(27)3)15-24(25)33-26(37)14-30-28-22-12-20(13-29)5-6-23(22)31-17-32-28/h4-6,12,17,21,24-25H,1,7-11,13-16H2,2-3H3,(H,33,37)(H,30,31,32)/t24?,25-/m0/s1. The topological polar surface area (TPSA) is 109 Å².